The van der Waals surface area contributed by atoms with Gasteiger partial charge < -0.3 is 5.32 Å². The fourth-order valence-electron chi connectivity index (χ4n) is 1.70. The minimum atomic E-state index is 0.975. The first-order chi connectivity index (χ1) is 8.25. The molecule has 0 saturated heterocycles. The molecular weight excluding hydrogens is 321 g/mol. The highest BCUT2D eigenvalue weighted by molar-refractivity contribution is 14.1. The molecule has 0 bridgehead atoms. The number of anilines is 1. The molecule has 2 rings (SSSR count). The zero-order chi connectivity index (χ0) is 12.1. The van der Waals surface area contributed by atoms with Gasteiger partial charge in [-0.2, -0.15) is 0 Å². The Hall–Kier alpha value is -1.03. The zero-order valence-corrected chi connectivity index (χ0v) is 12.1. The number of para-hydroxylation sites is 1. The molecule has 1 N–H and O–H groups in total. The van der Waals surface area contributed by atoms with Crippen molar-refractivity contribution in [3.63, 3.8) is 0 Å². The SMILES string of the molecule is Cc1ccc(CCNc2ccccc2I)cc1. The van der Waals surface area contributed by atoms with Crippen molar-refractivity contribution in [3.05, 3.63) is 63.2 Å². The van der Waals surface area contributed by atoms with Crippen molar-refractivity contribution in [3.8, 4) is 0 Å². The van der Waals surface area contributed by atoms with Crippen LogP contribution < -0.4 is 5.32 Å². The molecule has 0 aliphatic carbocycles. The largest absolute Gasteiger partial charge is 0.384 e. The topological polar surface area (TPSA) is 12.0 Å². The molecule has 0 aromatic heterocycles. The predicted octanol–water partition coefficient (Wildman–Crippen LogP) is 4.25. The van der Waals surface area contributed by atoms with E-state index >= 15 is 0 Å². The van der Waals surface area contributed by atoms with E-state index in [1.54, 1.807) is 0 Å². The first-order valence-corrected chi connectivity index (χ1v) is 6.87. The summed E-state index contributed by atoms with van der Waals surface area (Å²) >= 11 is 2.36. The fourth-order valence-corrected chi connectivity index (χ4v) is 2.28. The summed E-state index contributed by atoms with van der Waals surface area (Å²) in [6.07, 6.45) is 1.06. The molecule has 2 heteroatoms. The molecule has 0 heterocycles. The van der Waals surface area contributed by atoms with Gasteiger partial charge in [0, 0.05) is 15.8 Å². The normalized spacial score (nSPS) is 10.2. The molecule has 0 atom stereocenters. The molecule has 0 fully saturated rings. The third-order valence-corrected chi connectivity index (χ3v) is 3.66. The van der Waals surface area contributed by atoms with Crippen molar-refractivity contribution in [2.45, 2.75) is 13.3 Å². The van der Waals surface area contributed by atoms with Gasteiger partial charge in [-0.25, -0.2) is 0 Å². The lowest BCUT2D eigenvalue weighted by molar-refractivity contribution is 1.02. The molecule has 1 nitrogen and oxygen atoms in total. The van der Waals surface area contributed by atoms with Crippen LogP contribution in [0.5, 0.6) is 0 Å². The molecule has 2 aromatic carbocycles. The van der Waals surface area contributed by atoms with Crippen LogP contribution in [0, 0.1) is 10.5 Å². The summed E-state index contributed by atoms with van der Waals surface area (Å²) < 4.78 is 1.27. The predicted molar refractivity (Wildman–Crippen MR) is 82.5 cm³/mol. The Kier molecular flexibility index (Phi) is 4.42. The van der Waals surface area contributed by atoms with Crippen molar-refractivity contribution < 1.29 is 0 Å². The monoisotopic (exact) mass is 337 g/mol. The van der Waals surface area contributed by atoms with Crippen molar-refractivity contribution in [2.24, 2.45) is 0 Å². The Balaban J connectivity index is 1.88. The van der Waals surface area contributed by atoms with Gasteiger partial charge in [0.2, 0.25) is 0 Å². The lowest BCUT2D eigenvalue weighted by Crippen LogP contribution is -2.05. The Morgan fingerprint density at radius 2 is 1.71 bits per heavy atom. The molecular formula is C15H16IN. The summed E-state index contributed by atoms with van der Waals surface area (Å²) in [5.41, 5.74) is 3.92. The Labute approximate surface area is 116 Å². The Morgan fingerprint density at radius 1 is 1.00 bits per heavy atom. The zero-order valence-electron chi connectivity index (χ0n) is 9.91. The first kappa shape index (κ1) is 12.4. The minimum Gasteiger partial charge on any atom is -0.384 e. The molecule has 0 aliphatic rings. The van der Waals surface area contributed by atoms with Crippen LogP contribution in [0.2, 0.25) is 0 Å². The van der Waals surface area contributed by atoms with Gasteiger partial charge in [0.15, 0.2) is 0 Å². The van der Waals surface area contributed by atoms with Crippen LogP contribution in [0.3, 0.4) is 0 Å². The maximum absolute atomic E-state index is 3.47. The van der Waals surface area contributed by atoms with E-state index in [4.69, 9.17) is 0 Å². The van der Waals surface area contributed by atoms with Gasteiger partial charge in [-0.05, 0) is 53.6 Å². The van der Waals surface area contributed by atoms with Crippen LogP contribution in [-0.4, -0.2) is 6.54 Å². The van der Waals surface area contributed by atoms with E-state index in [1.807, 2.05) is 0 Å². The summed E-state index contributed by atoms with van der Waals surface area (Å²) in [6, 6.07) is 17.1. The highest BCUT2D eigenvalue weighted by Gasteiger charge is 1.97. The van der Waals surface area contributed by atoms with E-state index in [1.165, 1.54) is 20.4 Å². The van der Waals surface area contributed by atoms with E-state index in [9.17, 15) is 0 Å². The van der Waals surface area contributed by atoms with Gasteiger partial charge in [-0.3, -0.25) is 0 Å². The number of hydrogen-bond acceptors (Lipinski definition) is 1. The lowest BCUT2D eigenvalue weighted by atomic mass is 10.1. The van der Waals surface area contributed by atoms with Crippen molar-refractivity contribution in [1.29, 1.82) is 0 Å². The second-order valence-electron chi connectivity index (χ2n) is 4.14. The van der Waals surface area contributed by atoms with Crippen LogP contribution in [0.1, 0.15) is 11.1 Å². The van der Waals surface area contributed by atoms with E-state index in [0.29, 0.717) is 0 Å². The van der Waals surface area contributed by atoms with E-state index < -0.39 is 0 Å². The molecule has 0 radical (unpaired) electrons. The Morgan fingerprint density at radius 3 is 2.41 bits per heavy atom. The van der Waals surface area contributed by atoms with Crippen LogP contribution in [0.25, 0.3) is 0 Å². The second-order valence-corrected chi connectivity index (χ2v) is 5.30. The molecule has 88 valence electrons. The summed E-state index contributed by atoms with van der Waals surface area (Å²) in [5.74, 6) is 0. The number of aryl methyl sites for hydroxylation is 1. The number of hydrogen-bond donors (Lipinski definition) is 1. The van der Waals surface area contributed by atoms with E-state index in [2.05, 4.69) is 83.4 Å². The highest BCUT2D eigenvalue weighted by atomic mass is 127. The van der Waals surface area contributed by atoms with Crippen LogP contribution in [0.15, 0.2) is 48.5 Å². The maximum Gasteiger partial charge on any atom is 0.0475 e. The minimum absolute atomic E-state index is 0.975. The summed E-state index contributed by atoms with van der Waals surface area (Å²) in [7, 11) is 0. The lowest BCUT2D eigenvalue weighted by Gasteiger charge is -2.08. The first-order valence-electron chi connectivity index (χ1n) is 5.79. The summed E-state index contributed by atoms with van der Waals surface area (Å²) in [5, 5.41) is 3.47. The smallest absolute Gasteiger partial charge is 0.0475 e. The molecule has 2 aromatic rings. The third-order valence-electron chi connectivity index (χ3n) is 2.72. The molecule has 0 unspecified atom stereocenters. The fraction of sp³-hybridized carbons (Fsp3) is 0.200. The average molecular weight is 337 g/mol. The summed E-state index contributed by atoms with van der Waals surface area (Å²) in [4.78, 5) is 0. The van der Waals surface area contributed by atoms with Crippen LogP contribution >= 0.6 is 22.6 Å². The average Bonchev–Trinajstić information content (AvgIpc) is 2.34. The van der Waals surface area contributed by atoms with Crippen molar-refractivity contribution >= 4 is 28.3 Å². The molecule has 17 heavy (non-hydrogen) atoms. The highest BCUT2D eigenvalue weighted by Crippen LogP contribution is 2.16. The quantitative estimate of drug-likeness (QED) is 0.823. The van der Waals surface area contributed by atoms with Gasteiger partial charge in [0.05, 0.1) is 0 Å². The number of nitrogens with one attached hydrogen (secondary N) is 1. The molecule has 0 aliphatic heterocycles. The van der Waals surface area contributed by atoms with Gasteiger partial charge in [-0.1, -0.05) is 42.0 Å². The number of benzene rings is 2. The van der Waals surface area contributed by atoms with Gasteiger partial charge >= 0.3 is 0 Å². The maximum atomic E-state index is 3.47. The van der Waals surface area contributed by atoms with Gasteiger partial charge in [0.1, 0.15) is 0 Å². The van der Waals surface area contributed by atoms with Crippen molar-refractivity contribution in [2.75, 3.05) is 11.9 Å². The number of halogens is 1. The second kappa shape index (κ2) is 6.05. The summed E-state index contributed by atoms with van der Waals surface area (Å²) in [6.45, 7) is 3.09. The van der Waals surface area contributed by atoms with Gasteiger partial charge in [-0.15, -0.1) is 0 Å². The standard InChI is InChI=1S/C15H16IN/c1-12-6-8-13(9-7-12)10-11-17-15-5-3-2-4-14(15)16/h2-9,17H,10-11H2,1H3. The van der Waals surface area contributed by atoms with Gasteiger partial charge in [0.25, 0.3) is 0 Å². The Bertz CT molecular complexity index is 477. The van der Waals surface area contributed by atoms with Crippen LogP contribution in [0.4, 0.5) is 5.69 Å². The molecule has 0 amide bonds. The number of rotatable bonds is 4. The van der Waals surface area contributed by atoms with E-state index in [0.717, 1.165) is 13.0 Å². The van der Waals surface area contributed by atoms with Crippen LogP contribution in [-0.2, 0) is 6.42 Å². The molecule has 0 saturated carbocycles. The van der Waals surface area contributed by atoms with E-state index in [-0.39, 0.29) is 0 Å². The molecule has 0 spiro atoms. The third kappa shape index (κ3) is 3.73. The van der Waals surface area contributed by atoms with Crippen molar-refractivity contribution in [1.82, 2.24) is 0 Å².